The van der Waals surface area contributed by atoms with Crippen molar-refractivity contribution >= 4 is 28.1 Å². The third-order valence-electron chi connectivity index (χ3n) is 4.29. The number of aromatic carboxylic acids is 1. The van der Waals surface area contributed by atoms with Gasteiger partial charge in [0.25, 0.3) is 0 Å². The number of anilines is 2. The Balaban J connectivity index is 1.86. The number of hydrogen-bond acceptors (Lipinski definition) is 3. The number of rotatable bonds is 3. The Morgan fingerprint density at radius 2 is 1.64 bits per heavy atom. The summed E-state index contributed by atoms with van der Waals surface area (Å²) in [5, 5.41) is 16.9. The van der Waals surface area contributed by atoms with E-state index in [0.717, 1.165) is 23.9 Å². The first-order valence-corrected chi connectivity index (χ1v) is 7.35. The van der Waals surface area contributed by atoms with Gasteiger partial charge < -0.3 is 15.2 Å². The lowest BCUT2D eigenvalue weighted by atomic mass is 10.0. The fourth-order valence-corrected chi connectivity index (χ4v) is 3.27. The molecule has 3 aromatic rings. The Morgan fingerprint density at radius 3 is 2.45 bits per heavy atom. The molecule has 0 unspecified atom stereocenters. The SMILES string of the molecule is O=C([O-])c1ccccc1Nc1ccc2c3c(cccc13)CC2. The van der Waals surface area contributed by atoms with Crippen LogP contribution < -0.4 is 10.4 Å². The molecule has 0 heterocycles. The summed E-state index contributed by atoms with van der Waals surface area (Å²) in [6.45, 7) is 0. The van der Waals surface area contributed by atoms with Crippen molar-refractivity contribution in [1.29, 1.82) is 0 Å². The van der Waals surface area contributed by atoms with Gasteiger partial charge in [-0.15, -0.1) is 0 Å². The minimum absolute atomic E-state index is 0.172. The summed E-state index contributed by atoms with van der Waals surface area (Å²) in [5.74, 6) is -1.17. The molecular weight excluding hydrogens is 274 g/mol. The van der Waals surface area contributed by atoms with E-state index in [1.807, 2.05) is 12.1 Å². The van der Waals surface area contributed by atoms with E-state index in [2.05, 4.69) is 29.6 Å². The van der Waals surface area contributed by atoms with Crippen LogP contribution in [0.5, 0.6) is 0 Å². The molecule has 0 amide bonds. The molecule has 1 aliphatic rings. The fraction of sp³-hybridized carbons (Fsp3) is 0.105. The van der Waals surface area contributed by atoms with E-state index in [4.69, 9.17) is 0 Å². The van der Waals surface area contributed by atoms with Crippen molar-refractivity contribution in [1.82, 2.24) is 0 Å². The van der Waals surface area contributed by atoms with E-state index >= 15 is 0 Å². The van der Waals surface area contributed by atoms with Crippen LogP contribution in [0, 0.1) is 0 Å². The average molecular weight is 288 g/mol. The molecule has 3 aromatic carbocycles. The van der Waals surface area contributed by atoms with Crippen LogP contribution in [0.15, 0.2) is 54.6 Å². The number of carboxylic acids is 1. The molecule has 0 spiro atoms. The van der Waals surface area contributed by atoms with Crippen LogP contribution >= 0.6 is 0 Å². The van der Waals surface area contributed by atoms with Crippen molar-refractivity contribution in [3.63, 3.8) is 0 Å². The van der Waals surface area contributed by atoms with Crippen LogP contribution in [0.2, 0.25) is 0 Å². The van der Waals surface area contributed by atoms with Gasteiger partial charge in [0.1, 0.15) is 0 Å². The van der Waals surface area contributed by atoms with E-state index in [1.165, 1.54) is 16.5 Å². The second-order valence-corrected chi connectivity index (χ2v) is 5.57. The normalized spacial score (nSPS) is 12.5. The maximum absolute atomic E-state index is 11.2. The molecule has 108 valence electrons. The molecule has 0 saturated heterocycles. The first kappa shape index (κ1) is 12.9. The molecule has 0 bridgehead atoms. The molecule has 0 radical (unpaired) electrons. The number of hydrogen-bond donors (Lipinski definition) is 1. The molecule has 1 aliphatic carbocycles. The zero-order valence-corrected chi connectivity index (χ0v) is 11.9. The zero-order valence-electron chi connectivity index (χ0n) is 11.9. The van der Waals surface area contributed by atoms with Crippen molar-refractivity contribution < 1.29 is 9.90 Å². The number of carbonyl (C=O) groups is 1. The van der Waals surface area contributed by atoms with Crippen LogP contribution in [-0.2, 0) is 12.8 Å². The van der Waals surface area contributed by atoms with Crippen LogP contribution in [0.3, 0.4) is 0 Å². The van der Waals surface area contributed by atoms with Crippen LogP contribution in [0.4, 0.5) is 11.4 Å². The van der Waals surface area contributed by atoms with Crippen molar-refractivity contribution in [2.24, 2.45) is 0 Å². The Kier molecular flexibility index (Phi) is 2.86. The van der Waals surface area contributed by atoms with Gasteiger partial charge in [-0.2, -0.15) is 0 Å². The molecule has 1 N–H and O–H groups in total. The minimum atomic E-state index is -1.17. The second-order valence-electron chi connectivity index (χ2n) is 5.57. The molecule has 0 aromatic heterocycles. The standard InChI is InChI=1S/C19H15NO2/c21-19(22)15-5-1-2-7-16(15)20-17-11-10-13-9-8-12-4-3-6-14(17)18(12)13/h1-7,10-11,20H,8-9H2,(H,21,22)/p-1. The van der Waals surface area contributed by atoms with Gasteiger partial charge in [-0.1, -0.05) is 42.5 Å². The quantitative estimate of drug-likeness (QED) is 0.806. The molecule has 0 fully saturated rings. The molecule has 3 heteroatoms. The Bertz CT molecular complexity index is 889. The Hall–Kier alpha value is -2.81. The molecule has 0 atom stereocenters. The molecule has 0 aliphatic heterocycles. The first-order valence-electron chi connectivity index (χ1n) is 7.35. The van der Waals surface area contributed by atoms with E-state index in [9.17, 15) is 9.90 Å². The summed E-state index contributed by atoms with van der Waals surface area (Å²) >= 11 is 0. The summed E-state index contributed by atoms with van der Waals surface area (Å²) < 4.78 is 0. The number of carboxylic acid groups (broad SMARTS) is 1. The molecule has 3 nitrogen and oxygen atoms in total. The molecular formula is C19H14NO2-. The number of benzene rings is 3. The Morgan fingerprint density at radius 1 is 0.864 bits per heavy atom. The third-order valence-corrected chi connectivity index (χ3v) is 4.29. The summed E-state index contributed by atoms with van der Waals surface area (Å²) in [6, 6.07) is 17.3. The maximum atomic E-state index is 11.2. The smallest absolute Gasteiger partial charge is 0.0736 e. The first-order chi connectivity index (χ1) is 10.7. The van der Waals surface area contributed by atoms with Gasteiger partial charge in [0.05, 0.1) is 5.97 Å². The topological polar surface area (TPSA) is 52.2 Å². The largest absolute Gasteiger partial charge is 0.545 e. The van der Waals surface area contributed by atoms with E-state index < -0.39 is 5.97 Å². The summed E-state index contributed by atoms with van der Waals surface area (Å²) in [4.78, 5) is 11.2. The van der Waals surface area contributed by atoms with E-state index in [-0.39, 0.29) is 5.56 Å². The van der Waals surface area contributed by atoms with Crippen LogP contribution in [0.1, 0.15) is 21.5 Å². The van der Waals surface area contributed by atoms with Crippen molar-refractivity contribution in [2.45, 2.75) is 12.8 Å². The Labute approximate surface area is 128 Å². The monoisotopic (exact) mass is 288 g/mol. The third kappa shape index (κ3) is 1.94. The van der Waals surface area contributed by atoms with Crippen molar-refractivity contribution in [2.75, 3.05) is 5.32 Å². The molecule has 22 heavy (non-hydrogen) atoms. The summed E-state index contributed by atoms with van der Waals surface area (Å²) in [6.07, 6.45) is 2.15. The zero-order chi connectivity index (χ0) is 15.1. The van der Waals surface area contributed by atoms with E-state index in [1.54, 1.807) is 18.2 Å². The van der Waals surface area contributed by atoms with E-state index in [0.29, 0.717) is 5.69 Å². The van der Waals surface area contributed by atoms with Gasteiger partial charge in [-0.05, 0) is 41.5 Å². The van der Waals surface area contributed by atoms with Gasteiger partial charge in [-0.25, -0.2) is 0 Å². The number of carbonyl (C=O) groups excluding carboxylic acids is 1. The van der Waals surface area contributed by atoms with Crippen molar-refractivity contribution in [3.05, 3.63) is 71.3 Å². The fourth-order valence-electron chi connectivity index (χ4n) is 3.27. The predicted octanol–water partition coefficient (Wildman–Crippen LogP) is 3.05. The lowest BCUT2D eigenvalue weighted by Crippen LogP contribution is -2.23. The highest BCUT2D eigenvalue weighted by molar-refractivity contribution is 6.02. The van der Waals surface area contributed by atoms with Crippen LogP contribution in [-0.4, -0.2) is 5.97 Å². The molecule has 4 rings (SSSR count). The highest BCUT2D eigenvalue weighted by Crippen LogP contribution is 2.36. The highest BCUT2D eigenvalue weighted by Gasteiger charge is 2.16. The van der Waals surface area contributed by atoms with Crippen molar-refractivity contribution in [3.8, 4) is 0 Å². The summed E-state index contributed by atoms with van der Waals surface area (Å²) in [7, 11) is 0. The lowest BCUT2D eigenvalue weighted by molar-refractivity contribution is -0.254. The summed E-state index contributed by atoms with van der Waals surface area (Å²) in [5.41, 5.74) is 4.39. The highest BCUT2D eigenvalue weighted by atomic mass is 16.4. The predicted molar refractivity (Wildman–Crippen MR) is 85.4 cm³/mol. The number of nitrogens with one attached hydrogen (secondary N) is 1. The number of aryl methyl sites for hydroxylation is 2. The lowest BCUT2D eigenvalue weighted by Gasteiger charge is -2.15. The average Bonchev–Trinajstić information content (AvgIpc) is 2.95. The van der Waals surface area contributed by atoms with Gasteiger partial charge in [0.15, 0.2) is 0 Å². The molecule has 0 saturated carbocycles. The van der Waals surface area contributed by atoms with Crippen LogP contribution in [0.25, 0.3) is 10.8 Å². The second kappa shape index (κ2) is 4.88. The minimum Gasteiger partial charge on any atom is -0.545 e. The van der Waals surface area contributed by atoms with Gasteiger partial charge in [-0.3, -0.25) is 0 Å². The number of para-hydroxylation sites is 1. The van der Waals surface area contributed by atoms with Gasteiger partial charge in [0, 0.05) is 22.3 Å². The van der Waals surface area contributed by atoms with Gasteiger partial charge >= 0.3 is 0 Å². The maximum Gasteiger partial charge on any atom is 0.0736 e. The van der Waals surface area contributed by atoms with Gasteiger partial charge in [0.2, 0.25) is 0 Å².